The Morgan fingerprint density at radius 1 is 0.944 bits per heavy atom. The molecule has 1 saturated carbocycles. The first-order valence-electron chi connectivity index (χ1n) is 24.9. The fourth-order valence-corrected chi connectivity index (χ4v) is 13.2. The number of aliphatic hydroxyl groups excluding tert-OH is 1. The highest BCUT2D eigenvalue weighted by Crippen LogP contribution is 2.56. The van der Waals surface area contributed by atoms with E-state index in [0.29, 0.717) is 37.0 Å². The second kappa shape index (κ2) is 20.5. The van der Waals surface area contributed by atoms with E-state index in [0.717, 1.165) is 98.9 Å². The first-order chi connectivity index (χ1) is 34.3. The van der Waals surface area contributed by atoms with E-state index in [1.165, 1.54) is 23.8 Å². The van der Waals surface area contributed by atoms with Gasteiger partial charge in [-0.1, -0.05) is 61.0 Å². The van der Waals surface area contributed by atoms with Crippen LogP contribution in [0.3, 0.4) is 0 Å². The van der Waals surface area contributed by atoms with Gasteiger partial charge in [0.05, 0.1) is 22.9 Å². The van der Waals surface area contributed by atoms with E-state index >= 15 is 8.78 Å². The summed E-state index contributed by atoms with van der Waals surface area (Å²) in [6.07, 6.45) is 7.44. The molecule has 374 valence electrons. The number of halogens is 3. The Morgan fingerprint density at radius 3 is 2.39 bits per heavy atom. The van der Waals surface area contributed by atoms with Gasteiger partial charge in [0.1, 0.15) is 18.2 Å². The Kier molecular flexibility index (Phi) is 14.1. The Labute approximate surface area is 420 Å². The number of nitrogens with two attached hydrogens (primary N) is 1. The summed E-state index contributed by atoms with van der Waals surface area (Å²) < 4.78 is 45.8. The maximum atomic E-state index is 16.5. The molecular formula is C54H59ClF2N6O7S. The van der Waals surface area contributed by atoms with Gasteiger partial charge >= 0.3 is 6.03 Å². The van der Waals surface area contributed by atoms with Gasteiger partial charge in [0.25, 0.3) is 0 Å². The third-order valence-corrected chi connectivity index (χ3v) is 17.1. The Hall–Kier alpha value is -5.65. The standard InChI is InChI=1S/C54H59ClF2N6O7S/c1-31-46-43(28-40(56)49(55)48(46)47-39(51(58)66)13-14-42(50(47)57)69-26-25-64)70-54(31,35-5-3-2-4-6-35)30-59-36-10-7-33(8-11-36)52(67)62-22-17-37(18-23-62)61-20-15-32(16-21-61)34-9-12-38-41(29-71-44(38)27-34)63-24-19-45(65)60-53(63)68/h2-6,9,12-14,27-29,31-33,36-37,59,64H,7-8,10-11,15-26,30H2,1H3,(H2,58,66)(H,60,65,68)/t31-,33?,36?,54-/m0/s1. The first kappa shape index (κ1) is 49.0. The number of nitrogens with zero attached hydrogens (tertiary/aromatic N) is 3. The first-order valence-corrected chi connectivity index (χ1v) is 26.1. The molecule has 13 nitrogen and oxygen atoms in total. The number of ether oxygens (including phenoxy) is 2. The van der Waals surface area contributed by atoms with Gasteiger partial charge in [-0.3, -0.25) is 24.6 Å². The maximum absolute atomic E-state index is 16.5. The van der Waals surface area contributed by atoms with E-state index in [1.54, 1.807) is 16.2 Å². The summed E-state index contributed by atoms with van der Waals surface area (Å²) in [6, 6.07) is 20.1. The van der Waals surface area contributed by atoms with Crippen LogP contribution in [-0.4, -0.2) is 103 Å². The van der Waals surface area contributed by atoms with Crippen molar-refractivity contribution in [1.82, 2.24) is 20.4 Å². The molecule has 0 bridgehead atoms. The number of imide groups is 1. The lowest BCUT2D eigenvalue weighted by Crippen LogP contribution is -2.51. The SMILES string of the molecule is C[C@H]1c2c(cc(F)c(Cl)c2-c2c(C(N)=O)ccc(OCCO)c2F)O[C@]1(CNC1CCC(C(=O)N2CCC(N3CCC(c4ccc5c(N6CCC(=O)NC6=O)csc5c4)CC3)CC2)CC1)c1ccccc1. The van der Waals surface area contributed by atoms with Gasteiger partial charge in [0, 0.05) is 94.7 Å². The van der Waals surface area contributed by atoms with E-state index in [1.807, 2.05) is 42.6 Å². The Balaban J connectivity index is 0.747. The molecule has 5 aliphatic rings. The highest BCUT2D eigenvalue weighted by Gasteiger charge is 2.50. The normalized spacial score (nSPS) is 23.4. The predicted molar refractivity (Wildman–Crippen MR) is 269 cm³/mol. The van der Waals surface area contributed by atoms with Crippen molar-refractivity contribution in [3.8, 4) is 22.6 Å². The van der Waals surface area contributed by atoms with Gasteiger partial charge in [0.15, 0.2) is 17.2 Å². The number of carbonyl (C=O) groups excluding carboxylic acids is 4. The minimum atomic E-state index is -1.10. The number of thiophene rings is 1. The number of carbonyl (C=O) groups is 4. The average Bonchev–Trinajstić information content (AvgIpc) is 3.93. The molecule has 5 amide bonds. The number of rotatable bonds is 13. The van der Waals surface area contributed by atoms with E-state index < -0.39 is 34.1 Å². The summed E-state index contributed by atoms with van der Waals surface area (Å²) in [7, 11) is 0. The number of benzene rings is 4. The molecule has 71 heavy (non-hydrogen) atoms. The number of piperidine rings is 2. The fourth-order valence-electron chi connectivity index (χ4n) is 11.9. The largest absolute Gasteiger partial charge is 0.488 e. The summed E-state index contributed by atoms with van der Waals surface area (Å²) in [5, 5.41) is 18.2. The third kappa shape index (κ3) is 9.38. The molecule has 0 spiro atoms. The highest BCUT2D eigenvalue weighted by atomic mass is 35.5. The molecule has 0 radical (unpaired) electrons. The summed E-state index contributed by atoms with van der Waals surface area (Å²) >= 11 is 8.36. The highest BCUT2D eigenvalue weighted by molar-refractivity contribution is 7.17. The molecule has 5 heterocycles. The maximum Gasteiger partial charge on any atom is 0.328 e. The van der Waals surface area contributed by atoms with Crippen LogP contribution in [0.15, 0.2) is 72.1 Å². The van der Waals surface area contributed by atoms with Gasteiger partial charge in [-0.25, -0.2) is 13.6 Å². The number of likely N-dealkylation sites (tertiary alicyclic amines) is 2. The smallest absolute Gasteiger partial charge is 0.328 e. The van der Waals surface area contributed by atoms with Crippen molar-refractivity contribution in [2.45, 2.75) is 94.2 Å². The van der Waals surface area contributed by atoms with E-state index in [4.69, 9.17) is 26.8 Å². The molecular weight excluding hydrogens is 950 g/mol. The molecule has 2 atom stereocenters. The summed E-state index contributed by atoms with van der Waals surface area (Å²) in [5.41, 5.74) is 7.52. The molecule has 4 fully saturated rings. The Bertz CT molecular complexity index is 2850. The number of amides is 5. The molecule has 4 aliphatic heterocycles. The van der Waals surface area contributed by atoms with Gasteiger partial charge in [0.2, 0.25) is 17.7 Å². The van der Waals surface area contributed by atoms with Gasteiger partial charge in [-0.2, -0.15) is 0 Å². The molecule has 10 rings (SSSR count). The number of nitrogens with one attached hydrogen (secondary N) is 2. The van der Waals surface area contributed by atoms with Crippen LogP contribution >= 0.6 is 22.9 Å². The zero-order valence-corrected chi connectivity index (χ0v) is 41.3. The molecule has 5 N–H and O–H groups in total. The van der Waals surface area contributed by atoms with Crippen molar-refractivity contribution >= 4 is 62.5 Å². The second-order valence-corrected chi connectivity index (χ2v) is 21.0. The lowest BCUT2D eigenvalue weighted by atomic mass is 9.77. The van der Waals surface area contributed by atoms with Crippen LogP contribution in [-0.2, 0) is 15.2 Å². The van der Waals surface area contributed by atoms with Crippen LogP contribution in [0.25, 0.3) is 21.2 Å². The van der Waals surface area contributed by atoms with Crippen molar-refractivity contribution in [3.05, 3.63) is 111 Å². The topological polar surface area (TPSA) is 167 Å². The van der Waals surface area contributed by atoms with E-state index in [9.17, 15) is 24.3 Å². The monoisotopic (exact) mass is 1010 g/mol. The molecule has 4 aromatic carbocycles. The molecule has 1 aromatic heterocycles. The number of primary amides is 1. The second-order valence-electron chi connectivity index (χ2n) is 19.7. The lowest BCUT2D eigenvalue weighted by molar-refractivity contribution is -0.138. The van der Waals surface area contributed by atoms with Crippen molar-refractivity contribution in [2.24, 2.45) is 11.7 Å². The zero-order valence-electron chi connectivity index (χ0n) is 39.7. The molecule has 5 aromatic rings. The number of hydrogen-bond acceptors (Lipinski definition) is 10. The minimum Gasteiger partial charge on any atom is -0.488 e. The van der Waals surface area contributed by atoms with Crippen LogP contribution in [0.2, 0.25) is 5.02 Å². The van der Waals surface area contributed by atoms with Gasteiger partial charge in [-0.15, -0.1) is 11.3 Å². The predicted octanol–water partition coefficient (Wildman–Crippen LogP) is 8.83. The van der Waals surface area contributed by atoms with Crippen molar-refractivity contribution < 1.29 is 42.5 Å². The fraction of sp³-hybridized carbons (Fsp3) is 0.444. The number of urea groups is 1. The summed E-state index contributed by atoms with van der Waals surface area (Å²) in [6.45, 7) is 5.58. The lowest BCUT2D eigenvalue weighted by Gasteiger charge is -2.43. The number of fused-ring (bicyclic) bond motifs is 2. The van der Waals surface area contributed by atoms with Crippen molar-refractivity contribution in [3.63, 3.8) is 0 Å². The van der Waals surface area contributed by atoms with Crippen LogP contribution in [0.1, 0.15) is 104 Å². The van der Waals surface area contributed by atoms with Crippen LogP contribution in [0.4, 0.5) is 19.3 Å². The average molecular weight is 1010 g/mol. The Morgan fingerprint density at radius 2 is 1.69 bits per heavy atom. The van der Waals surface area contributed by atoms with Crippen LogP contribution < -0.4 is 30.7 Å². The van der Waals surface area contributed by atoms with Crippen LogP contribution in [0, 0.1) is 17.6 Å². The molecule has 17 heteroatoms. The molecule has 3 saturated heterocycles. The number of aliphatic hydroxyl groups is 1. The van der Waals surface area contributed by atoms with Gasteiger partial charge in [-0.05, 0) is 99.7 Å². The zero-order chi connectivity index (χ0) is 49.6. The quantitative estimate of drug-likeness (QED) is 0.0902. The summed E-state index contributed by atoms with van der Waals surface area (Å²) in [4.78, 5) is 57.4. The van der Waals surface area contributed by atoms with E-state index in [-0.39, 0.29) is 71.2 Å². The van der Waals surface area contributed by atoms with Crippen molar-refractivity contribution in [2.75, 3.05) is 57.4 Å². The molecule has 0 unspecified atom stereocenters. The number of hydrogen-bond donors (Lipinski definition) is 4. The minimum absolute atomic E-state index is 0.0483. The van der Waals surface area contributed by atoms with Gasteiger partial charge < -0.3 is 35.4 Å². The molecule has 1 aliphatic carbocycles. The summed E-state index contributed by atoms with van der Waals surface area (Å²) in [5.74, 6) is -2.98. The van der Waals surface area contributed by atoms with Crippen molar-refractivity contribution in [1.29, 1.82) is 0 Å². The third-order valence-electron chi connectivity index (χ3n) is 15.8. The van der Waals surface area contributed by atoms with Crippen LogP contribution in [0.5, 0.6) is 11.5 Å². The van der Waals surface area contributed by atoms with E-state index in [2.05, 4.69) is 38.6 Å². The number of anilines is 1.